The summed E-state index contributed by atoms with van der Waals surface area (Å²) in [6, 6.07) is 12.1. The van der Waals surface area contributed by atoms with Crippen LogP contribution in [-0.2, 0) is 11.2 Å². The predicted molar refractivity (Wildman–Crippen MR) is 103 cm³/mol. The van der Waals surface area contributed by atoms with Crippen LogP contribution in [-0.4, -0.2) is 11.1 Å². The number of unbranched alkanes of at least 4 members (excludes halogenated alkanes) is 2. The Bertz CT molecular complexity index is 721. The van der Waals surface area contributed by atoms with Crippen LogP contribution in [0.4, 0.5) is 0 Å². The van der Waals surface area contributed by atoms with Crippen molar-refractivity contribution in [1.82, 2.24) is 0 Å². The Hall–Kier alpha value is -2.13. The molecule has 0 aliphatic heterocycles. The van der Waals surface area contributed by atoms with Gasteiger partial charge in [-0.25, -0.2) is 4.79 Å². The molecule has 0 fully saturated rings. The van der Waals surface area contributed by atoms with Crippen LogP contribution in [0.25, 0.3) is 16.0 Å². The molecule has 126 valence electrons. The molecule has 0 amide bonds. The number of benzene rings is 1. The zero-order valence-corrected chi connectivity index (χ0v) is 15.1. The molecule has 0 bridgehead atoms. The maximum absolute atomic E-state index is 11.4. The highest BCUT2D eigenvalue weighted by molar-refractivity contribution is 7.15. The Balaban J connectivity index is 2.15. The molecule has 2 aromatic rings. The fourth-order valence-electron chi connectivity index (χ4n) is 2.51. The number of hydrogen-bond acceptors (Lipinski definition) is 2. The smallest absolute Gasteiger partial charge is 0.336 e. The first-order valence-corrected chi connectivity index (χ1v) is 9.23. The molecule has 2 rings (SSSR count). The lowest BCUT2D eigenvalue weighted by molar-refractivity contribution is -0.130. The summed E-state index contributed by atoms with van der Waals surface area (Å²) in [4.78, 5) is 14.0. The third-order valence-electron chi connectivity index (χ3n) is 3.85. The molecule has 0 radical (unpaired) electrons. The monoisotopic (exact) mass is 340 g/mol. The third kappa shape index (κ3) is 4.93. The van der Waals surface area contributed by atoms with E-state index in [4.69, 9.17) is 0 Å². The topological polar surface area (TPSA) is 37.3 Å². The molecule has 2 nitrogen and oxygen atoms in total. The Kier molecular flexibility index (Phi) is 7.01. The number of rotatable bonds is 8. The van der Waals surface area contributed by atoms with E-state index >= 15 is 0 Å². The second kappa shape index (κ2) is 9.24. The number of carboxylic acid groups (broad SMARTS) is 1. The van der Waals surface area contributed by atoms with Gasteiger partial charge in [0.05, 0.1) is 5.57 Å². The van der Waals surface area contributed by atoms with E-state index in [0.717, 1.165) is 17.5 Å². The summed E-state index contributed by atoms with van der Waals surface area (Å²) in [5.41, 5.74) is 2.18. The maximum atomic E-state index is 11.4. The molecule has 0 saturated heterocycles. The third-order valence-corrected chi connectivity index (χ3v) is 5.05. The highest BCUT2D eigenvalue weighted by Crippen LogP contribution is 2.30. The number of aryl methyl sites for hydroxylation is 1. The normalized spacial score (nSPS) is 12.0. The molecular formula is C21H24O2S. The van der Waals surface area contributed by atoms with E-state index in [9.17, 15) is 9.90 Å². The van der Waals surface area contributed by atoms with E-state index in [1.54, 1.807) is 12.2 Å². The van der Waals surface area contributed by atoms with Crippen molar-refractivity contribution in [2.24, 2.45) is 0 Å². The van der Waals surface area contributed by atoms with Crippen molar-refractivity contribution in [3.8, 4) is 10.4 Å². The molecule has 0 aliphatic carbocycles. The molecule has 0 atom stereocenters. The molecule has 24 heavy (non-hydrogen) atoms. The molecule has 1 aromatic carbocycles. The number of carbonyl (C=O) groups is 1. The number of thiophene rings is 1. The zero-order chi connectivity index (χ0) is 17.4. The van der Waals surface area contributed by atoms with Crippen LogP contribution in [0.5, 0.6) is 0 Å². The fourth-order valence-corrected chi connectivity index (χ4v) is 3.57. The van der Waals surface area contributed by atoms with Gasteiger partial charge in [-0.1, -0.05) is 56.2 Å². The number of allylic oxidation sites excluding steroid dienone is 3. The van der Waals surface area contributed by atoms with Gasteiger partial charge in [0.1, 0.15) is 0 Å². The van der Waals surface area contributed by atoms with Gasteiger partial charge in [0.15, 0.2) is 0 Å². The summed E-state index contributed by atoms with van der Waals surface area (Å²) < 4.78 is 0. The van der Waals surface area contributed by atoms with Crippen LogP contribution in [0.1, 0.15) is 43.6 Å². The van der Waals surface area contributed by atoms with Crippen LogP contribution < -0.4 is 0 Å². The summed E-state index contributed by atoms with van der Waals surface area (Å²) in [7, 11) is 0. The Morgan fingerprint density at radius 2 is 1.88 bits per heavy atom. The fraction of sp³-hybridized carbons (Fsp3) is 0.286. The second-order valence-corrected chi connectivity index (χ2v) is 6.88. The minimum absolute atomic E-state index is 0.311. The number of carboxylic acids is 1. The van der Waals surface area contributed by atoms with Crippen molar-refractivity contribution in [2.75, 3.05) is 0 Å². The summed E-state index contributed by atoms with van der Waals surface area (Å²) in [6.07, 6.45) is 10.1. The first-order chi connectivity index (χ1) is 11.7. The lowest BCUT2D eigenvalue weighted by Gasteiger charge is -2.04. The van der Waals surface area contributed by atoms with Crippen molar-refractivity contribution < 1.29 is 9.90 Å². The van der Waals surface area contributed by atoms with Crippen LogP contribution >= 0.6 is 11.3 Å². The molecule has 0 unspecified atom stereocenters. The minimum Gasteiger partial charge on any atom is -0.478 e. The first kappa shape index (κ1) is 18.2. The van der Waals surface area contributed by atoms with Crippen molar-refractivity contribution in [3.05, 3.63) is 65.1 Å². The van der Waals surface area contributed by atoms with Crippen LogP contribution in [0, 0.1) is 0 Å². The Labute approximate surface area is 148 Å². The average molecular weight is 340 g/mol. The van der Waals surface area contributed by atoms with Gasteiger partial charge in [-0.2, -0.15) is 0 Å². The van der Waals surface area contributed by atoms with Gasteiger partial charge in [-0.15, -0.1) is 11.3 Å². The number of aliphatic carboxylic acids is 1. The summed E-state index contributed by atoms with van der Waals surface area (Å²) in [6.45, 7) is 4.09. The molecule has 3 heteroatoms. The van der Waals surface area contributed by atoms with Gasteiger partial charge in [0, 0.05) is 9.75 Å². The van der Waals surface area contributed by atoms with Crippen molar-refractivity contribution in [2.45, 2.75) is 39.5 Å². The first-order valence-electron chi connectivity index (χ1n) is 8.41. The van der Waals surface area contributed by atoms with Gasteiger partial charge in [0.2, 0.25) is 0 Å². The van der Waals surface area contributed by atoms with Crippen LogP contribution in [0.3, 0.4) is 0 Å². The van der Waals surface area contributed by atoms with E-state index in [0.29, 0.717) is 5.57 Å². The molecule has 0 spiro atoms. The van der Waals surface area contributed by atoms with Crippen LogP contribution in [0.15, 0.2) is 54.6 Å². The van der Waals surface area contributed by atoms with E-state index in [1.807, 2.05) is 48.6 Å². The Morgan fingerprint density at radius 3 is 2.50 bits per heavy atom. The average Bonchev–Trinajstić information content (AvgIpc) is 3.05. The van der Waals surface area contributed by atoms with Gasteiger partial charge in [-0.05, 0) is 49.1 Å². The summed E-state index contributed by atoms with van der Waals surface area (Å²) in [5.74, 6) is -0.907. The standard InChI is InChI=1S/C21H24O2S/c1-3-5-7-8-18-14-15-20(24-18)17-12-10-16(11-13-17)19(21(22)23)9-6-4-2/h4,6,9-15H,3,5,7-8H2,1-2H3,(H,22,23)/b6-4+,19-9+. The van der Waals surface area contributed by atoms with E-state index < -0.39 is 5.97 Å². The SMILES string of the molecule is C/C=C/C=C(/C(=O)O)c1ccc(-c2ccc(CCCCC)s2)cc1. The van der Waals surface area contributed by atoms with Crippen LogP contribution in [0.2, 0.25) is 0 Å². The Morgan fingerprint density at radius 1 is 1.12 bits per heavy atom. The van der Waals surface area contributed by atoms with Gasteiger partial charge >= 0.3 is 5.97 Å². The highest BCUT2D eigenvalue weighted by atomic mass is 32.1. The van der Waals surface area contributed by atoms with Gasteiger partial charge in [-0.3, -0.25) is 0 Å². The quantitative estimate of drug-likeness (QED) is 0.353. The molecule has 1 N–H and O–H groups in total. The molecular weight excluding hydrogens is 316 g/mol. The lowest BCUT2D eigenvalue weighted by atomic mass is 10.0. The van der Waals surface area contributed by atoms with Crippen molar-refractivity contribution in [3.63, 3.8) is 0 Å². The van der Waals surface area contributed by atoms with E-state index in [-0.39, 0.29) is 0 Å². The maximum Gasteiger partial charge on any atom is 0.336 e. The van der Waals surface area contributed by atoms with Crippen molar-refractivity contribution in [1.29, 1.82) is 0 Å². The molecule has 0 saturated carbocycles. The predicted octanol–water partition coefficient (Wildman–Crippen LogP) is 6.19. The molecule has 1 aromatic heterocycles. The zero-order valence-electron chi connectivity index (χ0n) is 14.3. The molecule has 1 heterocycles. The van der Waals surface area contributed by atoms with E-state index in [2.05, 4.69) is 19.1 Å². The van der Waals surface area contributed by atoms with Gasteiger partial charge in [0.25, 0.3) is 0 Å². The minimum atomic E-state index is -0.907. The van der Waals surface area contributed by atoms with Gasteiger partial charge < -0.3 is 5.11 Å². The highest BCUT2D eigenvalue weighted by Gasteiger charge is 2.10. The summed E-state index contributed by atoms with van der Waals surface area (Å²) in [5, 5.41) is 9.35. The van der Waals surface area contributed by atoms with Crippen molar-refractivity contribution >= 4 is 22.9 Å². The van der Waals surface area contributed by atoms with E-state index in [1.165, 1.54) is 29.0 Å². The molecule has 0 aliphatic rings. The number of hydrogen-bond donors (Lipinski definition) is 1. The second-order valence-electron chi connectivity index (χ2n) is 5.71. The summed E-state index contributed by atoms with van der Waals surface area (Å²) >= 11 is 1.83. The largest absolute Gasteiger partial charge is 0.478 e. The lowest BCUT2D eigenvalue weighted by Crippen LogP contribution is -1.99.